The molecule has 0 aromatic carbocycles. The maximum absolute atomic E-state index is 12.8. The molecule has 0 saturated carbocycles. The second-order valence-electron chi connectivity index (χ2n) is 6.54. The molecule has 2 amide bonds. The minimum Gasteiger partial charge on any atom is -0.351 e. The normalized spacial score (nSPS) is 20.3. The molecule has 1 aliphatic rings. The van der Waals surface area contributed by atoms with Crippen molar-refractivity contribution in [2.45, 2.75) is 45.5 Å². The smallest absolute Gasteiger partial charge is 0.351 e. The van der Waals surface area contributed by atoms with Crippen LogP contribution in [-0.2, 0) is 22.3 Å². The van der Waals surface area contributed by atoms with Gasteiger partial charge in [0.1, 0.15) is 6.54 Å². The highest BCUT2D eigenvalue weighted by Gasteiger charge is 2.35. The van der Waals surface area contributed by atoms with Gasteiger partial charge < -0.3 is 14.8 Å². The van der Waals surface area contributed by atoms with Crippen LogP contribution in [0.2, 0.25) is 0 Å². The average molecular weight is 373 g/mol. The van der Waals surface area contributed by atoms with Crippen molar-refractivity contribution in [2.75, 3.05) is 13.1 Å². The second kappa shape index (κ2) is 7.92. The lowest BCUT2D eigenvalue weighted by Gasteiger charge is -2.18. The van der Waals surface area contributed by atoms with Gasteiger partial charge >= 0.3 is 6.18 Å². The fraction of sp³-hybridized carbons (Fsp3) is 0.588. The molecule has 0 aliphatic carbocycles. The SMILES string of the molecule is CCC[C@@H]1CN(C(=O)Cn2cc(C(F)(F)F)ccc2=O)C[C@H]1NC(C)=O. The molecule has 0 unspecified atom stereocenters. The van der Waals surface area contributed by atoms with Gasteiger partial charge in [-0.15, -0.1) is 0 Å². The zero-order valence-corrected chi connectivity index (χ0v) is 14.7. The molecule has 6 nitrogen and oxygen atoms in total. The molecule has 0 radical (unpaired) electrons. The number of hydrogen-bond acceptors (Lipinski definition) is 3. The zero-order valence-electron chi connectivity index (χ0n) is 14.7. The summed E-state index contributed by atoms with van der Waals surface area (Å²) in [6, 6.07) is 1.32. The van der Waals surface area contributed by atoms with Crippen LogP contribution in [0.3, 0.4) is 0 Å². The summed E-state index contributed by atoms with van der Waals surface area (Å²) >= 11 is 0. The van der Waals surface area contributed by atoms with Gasteiger partial charge in [-0.1, -0.05) is 13.3 Å². The molecule has 1 aromatic heterocycles. The van der Waals surface area contributed by atoms with Crippen molar-refractivity contribution >= 4 is 11.8 Å². The fourth-order valence-electron chi connectivity index (χ4n) is 3.23. The lowest BCUT2D eigenvalue weighted by molar-refractivity contribution is -0.138. The Hall–Kier alpha value is -2.32. The Labute approximate surface area is 149 Å². The van der Waals surface area contributed by atoms with Crippen molar-refractivity contribution in [1.82, 2.24) is 14.8 Å². The highest BCUT2D eigenvalue weighted by atomic mass is 19.4. The van der Waals surface area contributed by atoms with Gasteiger partial charge in [0, 0.05) is 32.3 Å². The maximum Gasteiger partial charge on any atom is 0.417 e. The van der Waals surface area contributed by atoms with E-state index in [-0.39, 0.29) is 24.4 Å². The quantitative estimate of drug-likeness (QED) is 0.853. The lowest BCUT2D eigenvalue weighted by Crippen LogP contribution is -2.40. The van der Waals surface area contributed by atoms with Crippen LogP contribution in [0.5, 0.6) is 0 Å². The Morgan fingerprint density at radius 2 is 1.96 bits per heavy atom. The van der Waals surface area contributed by atoms with Crippen LogP contribution in [0.4, 0.5) is 13.2 Å². The van der Waals surface area contributed by atoms with Gasteiger partial charge in [-0.25, -0.2) is 0 Å². The number of pyridine rings is 1. The predicted molar refractivity (Wildman–Crippen MR) is 88.3 cm³/mol. The van der Waals surface area contributed by atoms with E-state index in [1.54, 1.807) is 0 Å². The first-order valence-corrected chi connectivity index (χ1v) is 8.44. The monoisotopic (exact) mass is 373 g/mol. The van der Waals surface area contributed by atoms with Gasteiger partial charge in [0.25, 0.3) is 5.56 Å². The fourth-order valence-corrected chi connectivity index (χ4v) is 3.23. The van der Waals surface area contributed by atoms with Crippen LogP contribution in [0.15, 0.2) is 23.1 Å². The maximum atomic E-state index is 12.8. The minimum absolute atomic E-state index is 0.0890. The van der Waals surface area contributed by atoms with Gasteiger partial charge in [-0.05, 0) is 18.4 Å². The Morgan fingerprint density at radius 1 is 1.27 bits per heavy atom. The number of carbonyl (C=O) groups is 2. The number of likely N-dealkylation sites (tertiary alicyclic amines) is 1. The van der Waals surface area contributed by atoms with E-state index in [4.69, 9.17) is 0 Å². The number of halogens is 3. The molecule has 1 fully saturated rings. The van der Waals surface area contributed by atoms with E-state index in [2.05, 4.69) is 5.32 Å². The van der Waals surface area contributed by atoms with Gasteiger partial charge in [0.15, 0.2) is 0 Å². The van der Waals surface area contributed by atoms with Crippen molar-refractivity contribution in [3.8, 4) is 0 Å². The molecular weight excluding hydrogens is 351 g/mol. The second-order valence-corrected chi connectivity index (χ2v) is 6.54. The summed E-state index contributed by atoms with van der Waals surface area (Å²) in [4.78, 5) is 37.1. The van der Waals surface area contributed by atoms with Crippen LogP contribution < -0.4 is 10.9 Å². The first kappa shape index (κ1) is 20.0. The van der Waals surface area contributed by atoms with Crippen molar-refractivity contribution in [1.29, 1.82) is 0 Å². The van der Waals surface area contributed by atoms with Crippen LogP contribution in [0, 0.1) is 5.92 Å². The third kappa shape index (κ3) is 4.86. The number of carbonyl (C=O) groups excluding carboxylic acids is 2. The summed E-state index contributed by atoms with van der Waals surface area (Å²) in [5.74, 6) is -0.550. The Bertz CT molecular complexity index is 730. The summed E-state index contributed by atoms with van der Waals surface area (Å²) in [5, 5.41) is 2.82. The molecule has 1 saturated heterocycles. The van der Waals surface area contributed by atoms with E-state index >= 15 is 0 Å². The molecular formula is C17H22F3N3O3. The Kier molecular flexibility index (Phi) is 6.09. The molecule has 9 heteroatoms. The molecule has 1 N–H and O–H groups in total. The third-order valence-electron chi connectivity index (χ3n) is 4.46. The Balaban J connectivity index is 2.12. The van der Waals surface area contributed by atoms with Gasteiger partial charge in [-0.2, -0.15) is 13.2 Å². The summed E-state index contributed by atoms with van der Waals surface area (Å²) < 4.78 is 39.2. The standard InChI is InChI=1S/C17H22F3N3O3/c1-3-4-12-7-22(9-14(12)21-11(2)24)16(26)10-23-8-13(17(18,19)20)5-6-15(23)25/h5-6,8,12,14H,3-4,7,9-10H2,1-2H3,(H,21,24)/t12-,14-/m1/s1. The molecule has 0 bridgehead atoms. The zero-order chi connectivity index (χ0) is 19.5. The van der Waals surface area contributed by atoms with E-state index < -0.39 is 29.8 Å². The van der Waals surface area contributed by atoms with Crippen molar-refractivity contribution in [3.63, 3.8) is 0 Å². The van der Waals surface area contributed by atoms with E-state index in [0.717, 1.165) is 23.5 Å². The number of hydrogen-bond donors (Lipinski definition) is 1. The number of amides is 2. The summed E-state index contributed by atoms with van der Waals surface area (Å²) in [6.07, 6.45) is -2.23. The number of nitrogens with zero attached hydrogens (tertiary/aromatic N) is 2. The molecule has 2 heterocycles. The molecule has 1 aromatic rings. The van der Waals surface area contributed by atoms with Gasteiger partial charge in [0.05, 0.1) is 11.6 Å². The highest BCUT2D eigenvalue weighted by Crippen LogP contribution is 2.28. The molecule has 0 spiro atoms. The van der Waals surface area contributed by atoms with Crippen molar-refractivity contribution < 1.29 is 22.8 Å². The van der Waals surface area contributed by atoms with E-state index in [1.165, 1.54) is 11.8 Å². The number of aromatic nitrogens is 1. The highest BCUT2D eigenvalue weighted by molar-refractivity contribution is 5.77. The number of rotatable bonds is 5. The van der Waals surface area contributed by atoms with Crippen LogP contribution in [0.25, 0.3) is 0 Å². The van der Waals surface area contributed by atoms with Gasteiger partial charge in [0.2, 0.25) is 11.8 Å². The van der Waals surface area contributed by atoms with Crippen molar-refractivity contribution in [2.24, 2.45) is 5.92 Å². The number of nitrogens with one attached hydrogen (secondary N) is 1. The lowest BCUT2D eigenvalue weighted by atomic mass is 9.98. The van der Waals surface area contributed by atoms with Crippen LogP contribution >= 0.6 is 0 Å². The first-order chi connectivity index (χ1) is 12.1. The molecule has 2 rings (SSSR count). The molecule has 1 aliphatic heterocycles. The summed E-state index contributed by atoms with van der Waals surface area (Å²) in [5.41, 5.74) is -1.65. The number of alkyl halides is 3. The van der Waals surface area contributed by atoms with Crippen LogP contribution in [-0.4, -0.2) is 40.4 Å². The summed E-state index contributed by atoms with van der Waals surface area (Å²) in [6.45, 7) is 3.63. The van der Waals surface area contributed by atoms with E-state index in [1.807, 2.05) is 6.92 Å². The van der Waals surface area contributed by atoms with E-state index in [0.29, 0.717) is 18.8 Å². The summed E-state index contributed by atoms with van der Waals surface area (Å²) in [7, 11) is 0. The molecule has 2 atom stereocenters. The minimum atomic E-state index is -4.59. The predicted octanol–water partition coefficient (Wildman–Crippen LogP) is 1.63. The largest absolute Gasteiger partial charge is 0.417 e. The third-order valence-corrected chi connectivity index (χ3v) is 4.46. The Morgan fingerprint density at radius 3 is 2.54 bits per heavy atom. The first-order valence-electron chi connectivity index (χ1n) is 8.44. The molecule has 26 heavy (non-hydrogen) atoms. The molecule has 144 valence electrons. The van der Waals surface area contributed by atoms with Crippen LogP contribution in [0.1, 0.15) is 32.3 Å². The van der Waals surface area contributed by atoms with Gasteiger partial charge in [-0.3, -0.25) is 14.4 Å². The average Bonchev–Trinajstić information content (AvgIpc) is 2.91. The van der Waals surface area contributed by atoms with E-state index in [9.17, 15) is 27.6 Å². The topological polar surface area (TPSA) is 71.4 Å². The van der Waals surface area contributed by atoms with Crippen molar-refractivity contribution in [3.05, 3.63) is 34.2 Å².